The number of imidazole rings is 2. The van der Waals surface area contributed by atoms with Crippen LogP contribution in [-0.4, -0.2) is 37.3 Å². The fourth-order valence-corrected chi connectivity index (χ4v) is 6.31. The highest BCUT2D eigenvalue weighted by atomic mass is 35.5. The minimum absolute atomic E-state index is 0.0635. The maximum atomic E-state index is 13.3. The number of Topliss-reactive ketones (excluding diaryl/α,β-unsaturated/α-hetero) is 1. The molecule has 40 heavy (non-hydrogen) atoms. The van der Waals surface area contributed by atoms with E-state index >= 15 is 0 Å². The zero-order chi connectivity index (χ0) is 28.0. The molecule has 2 aromatic carbocycles. The Balaban J connectivity index is 1.26. The Kier molecular flexibility index (Phi) is 7.06. The molecular formula is C31H33ClN6O2. The Labute approximate surface area is 238 Å². The maximum Gasteiger partial charge on any atom is 0.291 e. The number of halogens is 1. The van der Waals surface area contributed by atoms with E-state index in [0.717, 1.165) is 83.7 Å². The van der Waals surface area contributed by atoms with Gasteiger partial charge >= 0.3 is 0 Å². The third-order valence-electron chi connectivity index (χ3n) is 8.26. The number of benzene rings is 2. The van der Waals surface area contributed by atoms with Crippen LogP contribution < -0.4 is 10.6 Å². The number of hydrogen-bond acceptors (Lipinski definition) is 5. The van der Waals surface area contributed by atoms with Gasteiger partial charge in [0.1, 0.15) is 0 Å². The summed E-state index contributed by atoms with van der Waals surface area (Å²) in [5.41, 5.74) is 8.30. The number of carbonyl (C=O) groups excluding carboxylic acids is 2. The van der Waals surface area contributed by atoms with E-state index in [1.54, 1.807) is 0 Å². The van der Waals surface area contributed by atoms with E-state index in [1.165, 1.54) is 0 Å². The van der Waals surface area contributed by atoms with Gasteiger partial charge in [-0.2, -0.15) is 0 Å². The molecule has 1 aliphatic carbocycles. The van der Waals surface area contributed by atoms with E-state index in [1.807, 2.05) is 66.6 Å². The summed E-state index contributed by atoms with van der Waals surface area (Å²) in [5, 5.41) is 6.91. The third kappa shape index (κ3) is 4.65. The Morgan fingerprint density at radius 2 is 1.62 bits per heavy atom. The molecule has 1 aliphatic heterocycles. The topological polar surface area (TPSA) is 93.8 Å². The van der Waals surface area contributed by atoms with Crippen molar-refractivity contribution in [3.05, 3.63) is 87.0 Å². The quantitative estimate of drug-likeness (QED) is 0.327. The van der Waals surface area contributed by atoms with Crippen LogP contribution in [0.15, 0.2) is 36.4 Å². The highest BCUT2D eigenvalue weighted by molar-refractivity contribution is 6.34. The molecule has 2 aliphatic rings. The maximum absolute atomic E-state index is 13.3. The standard InChI is InChI=1S/C31H33ClN6O2/c1-18-20(9-7-12-22(18)36-31(40)30-34-23-11-4-5-13-25(23)38(30)3)21-10-6-8-19(28(21)32)16-27(39)29-35-24-17-33-15-14-26(24)37(29)2/h6-10,12,33H,4-5,11,13-17H2,1-3H3,(H,36,40). The summed E-state index contributed by atoms with van der Waals surface area (Å²) in [5.74, 6) is 0.607. The highest BCUT2D eigenvalue weighted by Gasteiger charge is 2.24. The van der Waals surface area contributed by atoms with Crippen molar-refractivity contribution >= 4 is 29.0 Å². The van der Waals surface area contributed by atoms with Crippen LogP contribution >= 0.6 is 11.6 Å². The molecular weight excluding hydrogens is 524 g/mol. The van der Waals surface area contributed by atoms with E-state index in [-0.39, 0.29) is 18.1 Å². The molecule has 8 nitrogen and oxygen atoms in total. The summed E-state index contributed by atoms with van der Waals surface area (Å²) in [4.78, 5) is 35.8. The fourth-order valence-electron chi connectivity index (χ4n) is 6.01. The van der Waals surface area contributed by atoms with Crippen molar-refractivity contribution in [1.29, 1.82) is 0 Å². The molecule has 3 heterocycles. The van der Waals surface area contributed by atoms with Crippen LogP contribution in [0.1, 0.15) is 68.0 Å². The highest BCUT2D eigenvalue weighted by Crippen LogP contribution is 2.36. The van der Waals surface area contributed by atoms with Gasteiger partial charge in [-0.05, 0) is 55.4 Å². The normalized spacial score (nSPS) is 14.5. The molecule has 0 bridgehead atoms. The number of hydrogen-bond donors (Lipinski definition) is 2. The van der Waals surface area contributed by atoms with E-state index < -0.39 is 0 Å². The molecule has 206 valence electrons. The van der Waals surface area contributed by atoms with Crippen molar-refractivity contribution in [2.75, 3.05) is 11.9 Å². The Morgan fingerprint density at radius 3 is 2.42 bits per heavy atom. The molecule has 9 heteroatoms. The van der Waals surface area contributed by atoms with Gasteiger partial charge in [-0.15, -0.1) is 0 Å². The van der Waals surface area contributed by atoms with Crippen molar-refractivity contribution < 1.29 is 9.59 Å². The van der Waals surface area contributed by atoms with Crippen molar-refractivity contribution in [3.63, 3.8) is 0 Å². The molecule has 0 atom stereocenters. The molecule has 4 aromatic rings. The van der Waals surface area contributed by atoms with Gasteiger partial charge in [0.15, 0.2) is 11.6 Å². The largest absolute Gasteiger partial charge is 0.328 e. The summed E-state index contributed by atoms with van der Waals surface area (Å²) >= 11 is 6.93. The summed E-state index contributed by atoms with van der Waals surface area (Å²) < 4.78 is 3.85. The van der Waals surface area contributed by atoms with Crippen molar-refractivity contribution in [1.82, 2.24) is 24.4 Å². The van der Waals surface area contributed by atoms with Crippen LogP contribution in [0.2, 0.25) is 5.02 Å². The first-order chi connectivity index (χ1) is 19.3. The number of amides is 1. The lowest BCUT2D eigenvalue weighted by Crippen LogP contribution is -2.24. The number of anilines is 1. The van der Waals surface area contributed by atoms with E-state index in [9.17, 15) is 9.59 Å². The van der Waals surface area contributed by atoms with Gasteiger partial charge in [0.05, 0.1) is 16.4 Å². The second-order valence-corrected chi connectivity index (χ2v) is 11.1. The number of aryl methyl sites for hydroxylation is 1. The van der Waals surface area contributed by atoms with E-state index in [2.05, 4.69) is 20.6 Å². The number of aromatic nitrogens is 4. The first-order valence-electron chi connectivity index (χ1n) is 13.8. The minimum atomic E-state index is -0.226. The van der Waals surface area contributed by atoms with Crippen LogP contribution in [0, 0.1) is 6.92 Å². The van der Waals surface area contributed by atoms with Crippen molar-refractivity contribution in [2.24, 2.45) is 14.1 Å². The molecule has 0 fully saturated rings. The van der Waals surface area contributed by atoms with Crippen molar-refractivity contribution in [2.45, 2.75) is 52.0 Å². The smallest absolute Gasteiger partial charge is 0.291 e. The second kappa shape index (κ2) is 10.7. The van der Waals surface area contributed by atoms with Gasteiger partial charge in [-0.25, -0.2) is 9.97 Å². The second-order valence-electron chi connectivity index (χ2n) is 10.7. The van der Waals surface area contributed by atoms with E-state index in [4.69, 9.17) is 11.6 Å². The van der Waals surface area contributed by atoms with Gasteiger partial charge in [0.25, 0.3) is 5.91 Å². The summed E-state index contributed by atoms with van der Waals surface area (Å²) in [6.45, 7) is 3.53. The molecule has 6 rings (SSSR count). The monoisotopic (exact) mass is 556 g/mol. The van der Waals surface area contributed by atoms with Gasteiger partial charge in [0, 0.05) is 62.7 Å². The van der Waals surface area contributed by atoms with Crippen LogP contribution in [-0.2, 0) is 46.3 Å². The van der Waals surface area contributed by atoms with Crippen molar-refractivity contribution in [3.8, 4) is 11.1 Å². The molecule has 2 aromatic heterocycles. The zero-order valence-electron chi connectivity index (χ0n) is 23.1. The van der Waals surface area contributed by atoms with Crippen LogP contribution in [0.4, 0.5) is 5.69 Å². The number of fused-ring (bicyclic) bond motifs is 2. The number of rotatable bonds is 6. The summed E-state index contributed by atoms with van der Waals surface area (Å²) in [7, 11) is 3.82. The lowest BCUT2D eigenvalue weighted by molar-refractivity contribution is 0.0978. The lowest BCUT2D eigenvalue weighted by Gasteiger charge is -2.15. The van der Waals surface area contributed by atoms with Crippen LogP contribution in [0.5, 0.6) is 0 Å². The number of nitrogens with zero attached hydrogens (tertiary/aromatic N) is 4. The first kappa shape index (κ1) is 26.5. The zero-order valence-corrected chi connectivity index (χ0v) is 23.9. The Hall–Kier alpha value is -3.75. The number of ketones is 1. The predicted molar refractivity (Wildman–Crippen MR) is 156 cm³/mol. The summed E-state index contributed by atoms with van der Waals surface area (Å²) in [6, 6.07) is 11.5. The Bertz CT molecular complexity index is 1530. The minimum Gasteiger partial charge on any atom is -0.328 e. The molecule has 0 saturated heterocycles. The molecule has 2 N–H and O–H groups in total. The molecule has 0 radical (unpaired) electrons. The molecule has 1 amide bonds. The Morgan fingerprint density at radius 1 is 0.925 bits per heavy atom. The van der Waals surface area contributed by atoms with Gasteiger partial charge in [0.2, 0.25) is 5.78 Å². The number of carbonyl (C=O) groups is 2. The predicted octanol–water partition coefficient (Wildman–Crippen LogP) is 4.98. The average Bonchev–Trinajstić information content (AvgIpc) is 3.48. The van der Waals surface area contributed by atoms with Crippen LogP contribution in [0.3, 0.4) is 0 Å². The van der Waals surface area contributed by atoms with Gasteiger partial charge in [-0.3, -0.25) is 9.59 Å². The van der Waals surface area contributed by atoms with Crippen LogP contribution in [0.25, 0.3) is 11.1 Å². The molecule has 0 saturated carbocycles. The average molecular weight is 557 g/mol. The summed E-state index contributed by atoms with van der Waals surface area (Å²) in [6.07, 6.45) is 5.13. The SMILES string of the molecule is Cc1c(NC(=O)c2nc3c(n2C)CCCC3)cccc1-c1cccc(CC(=O)c2nc3c(n2C)CCNC3)c1Cl. The molecule has 0 unspecified atom stereocenters. The lowest BCUT2D eigenvalue weighted by atomic mass is 9.96. The first-order valence-corrected chi connectivity index (χ1v) is 14.2. The molecule has 0 spiro atoms. The third-order valence-corrected chi connectivity index (χ3v) is 8.70. The van der Waals surface area contributed by atoms with E-state index in [0.29, 0.717) is 28.9 Å². The van der Waals surface area contributed by atoms with Gasteiger partial charge < -0.3 is 19.8 Å². The van der Waals surface area contributed by atoms with Gasteiger partial charge in [-0.1, -0.05) is 41.9 Å². The number of nitrogens with one attached hydrogen (secondary N) is 2. The fraction of sp³-hybridized carbons (Fsp3) is 0.355.